The maximum atomic E-state index is 11.4. The first-order valence-electron chi connectivity index (χ1n) is 5.99. The van der Waals surface area contributed by atoms with Crippen LogP contribution in [-0.2, 0) is 9.59 Å². The summed E-state index contributed by atoms with van der Waals surface area (Å²) in [4.78, 5) is 24.3. The van der Waals surface area contributed by atoms with Crippen molar-refractivity contribution in [3.8, 4) is 0 Å². The van der Waals surface area contributed by atoms with Crippen molar-refractivity contribution in [3.05, 3.63) is 0 Å². The fourth-order valence-electron chi connectivity index (χ4n) is 1.69. The summed E-state index contributed by atoms with van der Waals surface area (Å²) < 4.78 is 0. The molecule has 1 aliphatic rings. The summed E-state index contributed by atoms with van der Waals surface area (Å²) in [7, 11) is 0. The van der Waals surface area contributed by atoms with Gasteiger partial charge in [-0.1, -0.05) is 6.92 Å². The molecule has 1 saturated heterocycles. The van der Waals surface area contributed by atoms with Gasteiger partial charge in [0.05, 0.1) is 6.54 Å². The number of carbonyl (C=O) groups is 2. The molecule has 0 spiro atoms. The Balaban J connectivity index is 0.00000256. The van der Waals surface area contributed by atoms with Crippen LogP contribution in [0.2, 0.25) is 0 Å². The average Bonchev–Trinajstić information content (AvgIpc) is 2.64. The zero-order chi connectivity index (χ0) is 11.8. The standard InChI is InChI=1S/C11H21N3O2.ClH/c1-2-5-12-6-7-13-10(15)9-14-8-3-4-11(14)16;/h12H,2-9H2,1H3,(H,13,15);1H. The van der Waals surface area contributed by atoms with Gasteiger partial charge in [0, 0.05) is 26.1 Å². The molecule has 1 rings (SSSR count). The third-order valence-electron chi connectivity index (χ3n) is 2.56. The first kappa shape index (κ1) is 16.2. The Morgan fingerprint density at radius 3 is 2.71 bits per heavy atom. The molecule has 6 heteroatoms. The Labute approximate surface area is 109 Å². The van der Waals surface area contributed by atoms with E-state index in [0.29, 0.717) is 13.0 Å². The first-order chi connectivity index (χ1) is 7.74. The van der Waals surface area contributed by atoms with Crippen molar-refractivity contribution in [1.82, 2.24) is 15.5 Å². The molecule has 0 aliphatic carbocycles. The van der Waals surface area contributed by atoms with Crippen LogP contribution in [0.3, 0.4) is 0 Å². The third-order valence-corrected chi connectivity index (χ3v) is 2.56. The molecule has 0 aromatic carbocycles. The summed E-state index contributed by atoms with van der Waals surface area (Å²) in [5, 5.41) is 5.99. The van der Waals surface area contributed by atoms with E-state index >= 15 is 0 Å². The van der Waals surface area contributed by atoms with E-state index in [4.69, 9.17) is 0 Å². The van der Waals surface area contributed by atoms with Crippen molar-refractivity contribution in [3.63, 3.8) is 0 Å². The molecule has 0 saturated carbocycles. The van der Waals surface area contributed by atoms with Crippen molar-refractivity contribution in [1.29, 1.82) is 0 Å². The predicted octanol–water partition coefficient (Wildman–Crippen LogP) is 0.146. The number of hydrogen-bond acceptors (Lipinski definition) is 3. The number of rotatable bonds is 7. The molecular formula is C11H22ClN3O2. The van der Waals surface area contributed by atoms with Gasteiger partial charge < -0.3 is 15.5 Å². The van der Waals surface area contributed by atoms with E-state index < -0.39 is 0 Å². The van der Waals surface area contributed by atoms with Crippen molar-refractivity contribution >= 4 is 24.2 Å². The fraction of sp³-hybridized carbons (Fsp3) is 0.818. The molecule has 0 unspecified atom stereocenters. The Bertz CT molecular complexity index is 249. The molecule has 1 aliphatic heterocycles. The molecule has 5 nitrogen and oxygen atoms in total. The maximum Gasteiger partial charge on any atom is 0.239 e. The summed E-state index contributed by atoms with van der Waals surface area (Å²) in [6, 6.07) is 0. The Hall–Kier alpha value is -0.810. The highest BCUT2D eigenvalue weighted by molar-refractivity contribution is 5.86. The molecule has 1 fully saturated rings. The van der Waals surface area contributed by atoms with Crippen LogP contribution < -0.4 is 10.6 Å². The van der Waals surface area contributed by atoms with Crippen molar-refractivity contribution in [2.75, 3.05) is 32.7 Å². The molecule has 2 N–H and O–H groups in total. The second-order valence-electron chi connectivity index (χ2n) is 4.02. The maximum absolute atomic E-state index is 11.4. The topological polar surface area (TPSA) is 61.4 Å². The minimum absolute atomic E-state index is 0. The molecule has 17 heavy (non-hydrogen) atoms. The number of halogens is 1. The van der Waals surface area contributed by atoms with E-state index in [1.165, 1.54) is 0 Å². The van der Waals surface area contributed by atoms with Crippen LogP contribution in [0, 0.1) is 0 Å². The second kappa shape index (κ2) is 9.24. The molecule has 0 radical (unpaired) electrons. The molecule has 1 heterocycles. The summed E-state index contributed by atoms with van der Waals surface area (Å²) in [6.07, 6.45) is 2.56. The molecule has 0 aromatic rings. The Kier molecular flexibility index (Phi) is 8.80. The zero-order valence-corrected chi connectivity index (χ0v) is 11.1. The quantitative estimate of drug-likeness (QED) is 0.643. The van der Waals surface area contributed by atoms with Crippen molar-refractivity contribution in [2.24, 2.45) is 0 Å². The largest absolute Gasteiger partial charge is 0.353 e. The molecule has 2 amide bonds. The van der Waals surface area contributed by atoms with E-state index in [1.54, 1.807) is 4.90 Å². The molecule has 100 valence electrons. The van der Waals surface area contributed by atoms with Gasteiger partial charge in [-0.3, -0.25) is 9.59 Å². The van der Waals surface area contributed by atoms with Gasteiger partial charge in [-0.15, -0.1) is 12.4 Å². The van der Waals surface area contributed by atoms with Gasteiger partial charge in [0.1, 0.15) is 0 Å². The van der Waals surface area contributed by atoms with Crippen LogP contribution in [0.1, 0.15) is 26.2 Å². The molecule has 0 atom stereocenters. The number of hydrogen-bond donors (Lipinski definition) is 2. The highest BCUT2D eigenvalue weighted by Gasteiger charge is 2.21. The van der Waals surface area contributed by atoms with Gasteiger partial charge in [-0.25, -0.2) is 0 Å². The lowest BCUT2D eigenvalue weighted by Gasteiger charge is -2.14. The molecule has 0 aromatic heterocycles. The van der Waals surface area contributed by atoms with Crippen molar-refractivity contribution in [2.45, 2.75) is 26.2 Å². The number of carbonyl (C=O) groups excluding carboxylic acids is 2. The van der Waals surface area contributed by atoms with Gasteiger partial charge in [-0.05, 0) is 19.4 Å². The lowest BCUT2D eigenvalue weighted by Crippen LogP contribution is -2.40. The van der Waals surface area contributed by atoms with Crippen LogP contribution in [0.4, 0.5) is 0 Å². The predicted molar refractivity (Wildman–Crippen MR) is 69.2 cm³/mol. The normalized spacial score (nSPS) is 14.6. The Morgan fingerprint density at radius 1 is 1.35 bits per heavy atom. The van der Waals surface area contributed by atoms with Crippen LogP contribution in [0.25, 0.3) is 0 Å². The second-order valence-corrected chi connectivity index (χ2v) is 4.02. The summed E-state index contributed by atoms with van der Waals surface area (Å²) in [5.41, 5.74) is 0. The van der Waals surface area contributed by atoms with Gasteiger partial charge in [-0.2, -0.15) is 0 Å². The van der Waals surface area contributed by atoms with Gasteiger partial charge in [0.25, 0.3) is 0 Å². The van der Waals surface area contributed by atoms with Crippen molar-refractivity contribution < 1.29 is 9.59 Å². The highest BCUT2D eigenvalue weighted by atomic mass is 35.5. The van der Waals surface area contributed by atoms with Crippen LogP contribution >= 0.6 is 12.4 Å². The van der Waals surface area contributed by atoms with Crippen LogP contribution in [-0.4, -0.2) is 49.4 Å². The zero-order valence-electron chi connectivity index (χ0n) is 10.3. The summed E-state index contributed by atoms with van der Waals surface area (Å²) >= 11 is 0. The minimum Gasteiger partial charge on any atom is -0.353 e. The number of nitrogens with zero attached hydrogens (tertiary/aromatic N) is 1. The lowest BCUT2D eigenvalue weighted by molar-refractivity contribution is -0.133. The van der Waals surface area contributed by atoms with E-state index in [-0.39, 0.29) is 30.8 Å². The first-order valence-corrected chi connectivity index (χ1v) is 5.99. The van der Waals surface area contributed by atoms with Crippen LogP contribution in [0.5, 0.6) is 0 Å². The smallest absolute Gasteiger partial charge is 0.239 e. The monoisotopic (exact) mass is 263 g/mol. The van der Waals surface area contributed by atoms with E-state index in [1.807, 2.05) is 0 Å². The van der Waals surface area contributed by atoms with Gasteiger partial charge in [0.15, 0.2) is 0 Å². The Morgan fingerprint density at radius 2 is 2.12 bits per heavy atom. The van der Waals surface area contributed by atoms with Gasteiger partial charge >= 0.3 is 0 Å². The van der Waals surface area contributed by atoms with E-state index in [0.717, 1.165) is 32.5 Å². The van der Waals surface area contributed by atoms with Crippen LogP contribution in [0.15, 0.2) is 0 Å². The highest BCUT2D eigenvalue weighted by Crippen LogP contribution is 2.08. The molecular weight excluding hydrogens is 242 g/mol. The van der Waals surface area contributed by atoms with E-state index in [2.05, 4.69) is 17.6 Å². The summed E-state index contributed by atoms with van der Waals surface area (Å²) in [5.74, 6) is 0.0350. The third kappa shape index (κ3) is 6.48. The van der Waals surface area contributed by atoms with Gasteiger partial charge in [0.2, 0.25) is 11.8 Å². The minimum atomic E-state index is -0.0615. The average molecular weight is 264 g/mol. The number of amides is 2. The number of nitrogens with one attached hydrogen (secondary N) is 2. The SMILES string of the molecule is CCCNCCNC(=O)CN1CCCC1=O.Cl. The van der Waals surface area contributed by atoms with E-state index in [9.17, 15) is 9.59 Å². The molecule has 0 bridgehead atoms. The number of likely N-dealkylation sites (tertiary alicyclic amines) is 1. The fourth-order valence-corrected chi connectivity index (χ4v) is 1.69. The summed E-state index contributed by atoms with van der Waals surface area (Å²) in [6.45, 7) is 5.42. The lowest BCUT2D eigenvalue weighted by atomic mass is 10.4.